The second-order valence-electron chi connectivity index (χ2n) is 6.21. The molecule has 0 fully saturated rings. The quantitative estimate of drug-likeness (QED) is 0.734. The van der Waals surface area contributed by atoms with Gasteiger partial charge in [-0.2, -0.15) is 5.10 Å². The number of carbonyl (C=O) groups excluding carboxylic acids is 2. The number of nitrogens with one attached hydrogen (secondary N) is 2. The van der Waals surface area contributed by atoms with Crippen molar-refractivity contribution < 1.29 is 14.0 Å². The zero-order valence-corrected chi connectivity index (χ0v) is 14.9. The Morgan fingerprint density at radius 3 is 2.77 bits per heavy atom. The summed E-state index contributed by atoms with van der Waals surface area (Å²) in [4.78, 5) is 23.7. The van der Waals surface area contributed by atoms with Crippen LogP contribution in [0.3, 0.4) is 0 Å². The summed E-state index contributed by atoms with van der Waals surface area (Å²) in [5, 5.41) is 7.00. The highest BCUT2D eigenvalue weighted by Crippen LogP contribution is 2.30. The molecule has 0 bridgehead atoms. The molecule has 0 unspecified atom stereocenters. The van der Waals surface area contributed by atoms with E-state index in [0.717, 1.165) is 41.6 Å². The summed E-state index contributed by atoms with van der Waals surface area (Å²) < 4.78 is 5.84. The molecule has 0 atom stereocenters. The van der Waals surface area contributed by atoms with E-state index in [1.807, 2.05) is 38.1 Å². The number of nitrogens with zero attached hydrogens (tertiary/aromatic N) is 1. The molecule has 136 valence electrons. The predicted molar refractivity (Wildman–Crippen MR) is 99.4 cm³/mol. The van der Waals surface area contributed by atoms with Gasteiger partial charge < -0.3 is 15.5 Å². The van der Waals surface area contributed by atoms with Crippen LogP contribution in [0.25, 0.3) is 0 Å². The molecule has 1 aromatic carbocycles. The van der Waals surface area contributed by atoms with Gasteiger partial charge in [0.1, 0.15) is 5.76 Å². The van der Waals surface area contributed by atoms with Crippen LogP contribution in [-0.4, -0.2) is 17.6 Å². The lowest BCUT2D eigenvalue weighted by Crippen LogP contribution is -2.27. The van der Waals surface area contributed by atoms with Gasteiger partial charge in [-0.15, -0.1) is 0 Å². The van der Waals surface area contributed by atoms with Crippen LogP contribution in [0.4, 0.5) is 10.5 Å². The Labute approximate surface area is 151 Å². The maximum absolute atomic E-state index is 12.8. The van der Waals surface area contributed by atoms with E-state index in [-0.39, 0.29) is 11.7 Å². The number of urea groups is 1. The third-order valence-electron chi connectivity index (χ3n) is 4.48. The first-order valence-corrected chi connectivity index (χ1v) is 8.65. The zero-order valence-electron chi connectivity index (χ0n) is 14.9. The lowest BCUT2D eigenvalue weighted by atomic mass is 9.93. The van der Waals surface area contributed by atoms with Gasteiger partial charge in [-0.1, -0.05) is 25.1 Å². The number of nitrogens with two attached hydrogens (primary N) is 1. The first kappa shape index (κ1) is 17.7. The van der Waals surface area contributed by atoms with Crippen molar-refractivity contribution >= 4 is 23.3 Å². The van der Waals surface area contributed by atoms with Gasteiger partial charge in [0, 0.05) is 23.2 Å². The summed E-state index contributed by atoms with van der Waals surface area (Å²) in [5.41, 5.74) is 11.4. The fourth-order valence-corrected chi connectivity index (χ4v) is 3.25. The molecule has 3 amide bonds. The highest BCUT2D eigenvalue weighted by atomic mass is 16.4. The van der Waals surface area contributed by atoms with Crippen LogP contribution in [0.2, 0.25) is 0 Å². The van der Waals surface area contributed by atoms with Crippen molar-refractivity contribution in [2.24, 2.45) is 10.8 Å². The SMILES string of the molecule is CCc1ccccc1NC(=O)c1oc2c(c1C)/C(=N/NC(N)=O)CCC2. The number of carbonyl (C=O) groups is 2. The van der Waals surface area contributed by atoms with Crippen LogP contribution in [0.5, 0.6) is 0 Å². The maximum Gasteiger partial charge on any atom is 0.332 e. The number of hydrogen-bond donors (Lipinski definition) is 3. The number of aryl methyl sites for hydroxylation is 2. The average molecular weight is 354 g/mol. The standard InChI is InChI=1S/C19H22N4O3/c1-3-12-7-4-5-8-13(12)21-18(24)17-11(2)16-14(22-23-19(20)25)9-6-10-15(16)26-17/h4-5,7-8H,3,6,9-10H2,1-2H3,(H,21,24)(H3,20,23,25)/b22-14+. The van der Waals surface area contributed by atoms with Gasteiger partial charge >= 0.3 is 6.03 Å². The Bertz CT molecular complexity index is 883. The molecule has 1 aliphatic carbocycles. The number of anilines is 1. The number of furan rings is 1. The average Bonchev–Trinajstić information content (AvgIpc) is 2.98. The van der Waals surface area contributed by atoms with Gasteiger partial charge in [0.25, 0.3) is 5.91 Å². The molecule has 1 aliphatic rings. The smallest absolute Gasteiger partial charge is 0.332 e. The largest absolute Gasteiger partial charge is 0.455 e. The molecule has 0 saturated carbocycles. The van der Waals surface area contributed by atoms with Crippen LogP contribution in [0, 0.1) is 6.92 Å². The molecule has 7 heteroatoms. The van der Waals surface area contributed by atoms with E-state index >= 15 is 0 Å². The lowest BCUT2D eigenvalue weighted by molar-refractivity contribution is 0.0994. The van der Waals surface area contributed by atoms with Crippen molar-refractivity contribution in [2.75, 3.05) is 5.32 Å². The molecule has 3 rings (SSSR count). The van der Waals surface area contributed by atoms with Crippen molar-refractivity contribution in [2.45, 2.75) is 39.5 Å². The van der Waals surface area contributed by atoms with Gasteiger partial charge in [-0.25, -0.2) is 10.2 Å². The second-order valence-corrected chi connectivity index (χ2v) is 6.21. The molecular weight excluding hydrogens is 332 g/mol. The lowest BCUT2D eigenvalue weighted by Gasteiger charge is -2.13. The summed E-state index contributed by atoms with van der Waals surface area (Å²) in [7, 11) is 0. The summed E-state index contributed by atoms with van der Waals surface area (Å²) in [5.74, 6) is 0.697. The van der Waals surface area contributed by atoms with E-state index in [4.69, 9.17) is 10.2 Å². The number of benzene rings is 1. The van der Waals surface area contributed by atoms with E-state index in [9.17, 15) is 9.59 Å². The Morgan fingerprint density at radius 2 is 2.04 bits per heavy atom. The van der Waals surface area contributed by atoms with Crippen LogP contribution < -0.4 is 16.5 Å². The van der Waals surface area contributed by atoms with E-state index in [0.29, 0.717) is 17.9 Å². The molecule has 0 saturated heterocycles. The number of fused-ring (bicyclic) bond motifs is 1. The molecule has 2 aromatic rings. The normalized spacial score (nSPS) is 14.8. The summed E-state index contributed by atoms with van der Waals surface area (Å²) >= 11 is 0. The fourth-order valence-electron chi connectivity index (χ4n) is 3.25. The first-order chi connectivity index (χ1) is 12.5. The molecule has 0 spiro atoms. The Balaban J connectivity index is 1.91. The highest BCUT2D eigenvalue weighted by molar-refractivity contribution is 6.09. The van der Waals surface area contributed by atoms with Gasteiger partial charge in [-0.05, 0) is 37.8 Å². The zero-order chi connectivity index (χ0) is 18.7. The van der Waals surface area contributed by atoms with Crippen molar-refractivity contribution in [3.8, 4) is 0 Å². The minimum atomic E-state index is -0.722. The number of para-hydroxylation sites is 1. The van der Waals surface area contributed by atoms with Crippen molar-refractivity contribution in [1.82, 2.24) is 5.43 Å². The van der Waals surface area contributed by atoms with Gasteiger partial charge in [-0.3, -0.25) is 4.79 Å². The monoisotopic (exact) mass is 354 g/mol. The van der Waals surface area contributed by atoms with Gasteiger partial charge in [0.05, 0.1) is 5.71 Å². The summed E-state index contributed by atoms with van der Waals surface area (Å²) in [6.07, 6.45) is 3.07. The number of hydrazone groups is 1. The molecule has 0 aliphatic heterocycles. The second kappa shape index (κ2) is 7.43. The first-order valence-electron chi connectivity index (χ1n) is 8.65. The third-order valence-corrected chi connectivity index (χ3v) is 4.48. The van der Waals surface area contributed by atoms with Crippen LogP contribution in [0.1, 0.15) is 52.8 Å². The van der Waals surface area contributed by atoms with Gasteiger partial charge in [0.2, 0.25) is 0 Å². The molecular formula is C19H22N4O3. The van der Waals surface area contributed by atoms with Crippen LogP contribution >= 0.6 is 0 Å². The minimum Gasteiger partial charge on any atom is -0.455 e. The topological polar surface area (TPSA) is 110 Å². The fraction of sp³-hybridized carbons (Fsp3) is 0.316. The van der Waals surface area contributed by atoms with Crippen molar-refractivity contribution in [1.29, 1.82) is 0 Å². The molecule has 4 N–H and O–H groups in total. The van der Waals surface area contributed by atoms with Crippen molar-refractivity contribution in [3.05, 3.63) is 52.5 Å². The van der Waals surface area contributed by atoms with Crippen LogP contribution in [-0.2, 0) is 12.8 Å². The Kier molecular flexibility index (Phi) is 5.06. The number of amides is 3. The Hall–Kier alpha value is -3.09. The van der Waals surface area contributed by atoms with Gasteiger partial charge in [0.15, 0.2) is 5.76 Å². The summed E-state index contributed by atoms with van der Waals surface area (Å²) in [6.45, 7) is 3.87. The number of rotatable bonds is 4. The molecule has 1 heterocycles. The predicted octanol–water partition coefficient (Wildman–Crippen LogP) is 3.11. The van der Waals surface area contributed by atoms with E-state index in [1.165, 1.54) is 0 Å². The molecule has 7 nitrogen and oxygen atoms in total. The molecule has 1 aromatic heterocycles. The minimum absolute atomic E-state index is 0.273. The van der Waals surface area contributed by atoms with E-state index in [1.54, 1.807) is 0 Å². The van der Waals surface area contributed by atoms with E-state index < -0.39 is 6.03 Å². The number of primary amides is 1. The molecule has 0 radical (unpaired) electrons. The number of hydrogen-bond acceptors (Lipinski definition) is 4. The van der Waals surface area contributed by atoms with E-state index in [2.05, 4.69) is 15.8 Å². The third kappa shape index (κ3) is 3.46. The summed E-state index contributed by atoms with van der Waals surface area (Å²) in [6, 6.07) is 6.96. The Morgan fingerprint density at radius 1 is 1.27 bits per heavy atom. The van der Waals surface area contributed by atoms with Crippen LogP contribution in [0.15, 0.2) is 33.8 Å². The van der Waals surface area contributed by atoms with Crippen molar-refractivity contribution in [3.63, 3.8) is 0 Å². The molecule has 26 heavy (non-hydrogen) atoms. The highest BCUT2D eigenvalue weighted by Gasteiger charge is 2.28. The maximum atomic E-state index is 12.8.